The molecule has 5 heterocycles. The van der Waals surface area contributed by atoms with Crippen molar-refractivity contribution in [2.45, 2.75) is 70.2 Å². The summed E-state index contributed by atoms with van der Waals surface area (Å²) in [5, 5.41) is 13.0. The number of amides is 4. The van der Waals surface area contributed by atoms with E-state index in [0.717, 1.165) is 59.3 Å². The summed E-state index contributed by atoms with van der Waals surface area (Å²) in [5.41, 5.74) is 11.4. The monoisotopic (exact) mass is 763 g/mol. The van der Waals surface area contributed by atoms with E-state index in [-0.39, 0.29) is 36.2 Å². The fraction of sp³-hybridized carbons (Fsp3) is 0.385. The molecule has 2 aromatic carbocycles. The van der Waals surface area contributed by atoms with Crippen LogP contribution in [0, 0.1) is 5.92 Å². The number of aromatic nitrogens is 7. The first kappa shape index (κ1) is 37.8. The normalized spacial score (nSPS) is 17.9. The van der Waals surface area contributed by atoms with E-state index in [0.29, 0.717) is 30.4 Å². The fourth-order valence-electron chi connectivity index (χ4n) is 7.51. The van der Waals surface area contributed by atoms with Crippen LogP contribution >= 0.6 is 0 Å². The molecule has 3 aromatic heterocycles. The van der Waals surface area contributed by atoms with E-state index >= 15 is 0 Å². The van der Waals surface area contributed by atoms with Gasteiger partial charge in [0.2, 0.25) is 5.91 Å². The van der Waals surface area contributed by atoms with E-state index in [4.69, 9.17) is 15.2 Å². The van der Waals surface area contributed by atoms with Crippen molar-refractivity contribution in [2.75, 3.05) is 20.2 Å². The predicted octanol–water partition coefficient (Wildman–Crippen LogP) is 4.67. The zero-order valence-electron chi connectivity index (χ0n) is 31.4. The highest BCUT2D eigenvalue weighted by Crippen LogP contribution is 2.35. The van der Waals surface area contributed by atoms with E-state index in [1.165, 1.54) is 13.3 Å². The number of hydrogen-bond donors (Lipinski definition) is 5. The minimum absolute atomic E-state index is 0.163. The first-order chi connectivity index (χ1) is 27.1. The number of carbonyl (C=O) groups is 4. The second-order valence-electron chi connectivity index (χ2n) is 14.4. The Morgan fingerprint density at radius 2 is 1.32 bits per heavy atom. The van der Waals surface area contributed by atoms with Crippen molar-refractivity contribution in [2.24, 2.45) is 11.7 Å². The van der Waals surface area contributed by atoms with Gasteiger partial charge in [0.1, 0.15) is 17.7 Å². The van der Waals surface area contributed by atoms with Crippen LogP contribution in [-0.4, -0.2) is 101 Å². The third-order valence-electron chi connectivity index (χ3n) is 10.4. The lowest BCUT2D eigenvalue weighted by atomic mass is 10.0. The van der Waals surface area contributed by atoms with E-state index in [9.17, 15) is 19.2 Å². The number of nitrogens with zero attached hydrogens (tertiary/aromatic N) is 6. The smallest absolute Gasteiger partial charge is 0.407 e. The lowest BCUT2D eigenvalue weighted by Crippen LogP contribution is -2.49. The Kier molecular flexibility index (Phi) is 11.1. The average Bonchev–Trinajstić information content (AvgIpc) is 4.05. The van der Waals surface area contributed by atoms with Crippen molar-refractivity contribution in [3.05, 3.63) is 84.5 Å². The van der Waals surface area contributed by atoms with E-state index in [1.807, 2.05) is 38.1 Å². The molecule has 2 saturated heterocycles. The van der Waals surface area contributed by atoms with Gasteiger partial charge in [-0.25, -0.2) is 19.6 Å². The maximum absolute atomic E-state index is 13.7. The SMILES string of the molecule is COC(=O)N[C@@H](Cc1cn[nH]n1)C(=O)N1CCCC1c1ncc(-c2ccc(-c3ccc(-c4cnc([C@@H]5CCCN5C(=O)[C@@H](OC(N)=O)C(C)C)[nH]4)cc3)cc2)[nH]1. The third kappa shape index (κ3) is 8.11. The molecule has 0 radical (unpaired) electrons. The molecule has 6 N–H and O–H groups in total. The number of hydrogen-bond acceptors (Lipinski definition) is 10. The summed E-state index contributed by atoms with van der Waals surface area (Å²) in [6.07, 6.45) is 5.70. The van der Waals surface area contributed by atoms with Crippen molar-refractivity contribution in [1.29, 1.82) is 0 Å². The largest absolute Gasteiger partial charge is 0.453 e. The highest BCUT2D eigenvalue weighted by Gasteiger charge is 2.39. The van der Waals surface area contributed by atoms with Crippen LogP contribution < -0.4 is 11.1 Å². The molecule has 4 amide bonds. The van der Waals surface area contributed by atoms with Gasteiger partial charge in [0.15, 0.2) is 6.10 Å². The molecule has 2 fully saturated rings. The molecule has 17 heteroatoms. The van der Waals surface area contributed by atoms with Crippen molar-refractivity contribution < 1.29 is 28.7 Å². The quantitative estimate of drug-likeness (QED) is 0.118. The third-order valence-corrected chi connectivity index (χ3v) is 10.4. The molecule has 56 heavy (non-hydrogen) atoms. The Bertz CT molecular complexity index is 2150. The molecular weight excluding hydrogens is 718 g/mol. The Labute approximate surface area is 322 Å². The summed E-state index contributed by atoms with van der Waals surface area (Å²) in [7, 11) is 1.25. The van der Waals surface area contributed by atoms with Gasteiger partial charge in [-0.1, -0.05) is 62.4 Å². The van der Waals surface area contributed by atoms with Gasteiger partial charge in [-0.2, -0.15) is 15.4 Å². The van der Waals surface area contributed by atoms with Crippen molar-refractivity contribution in [3.8, 4) is 33.6 Å². The van der Waals surface area contributed by atoms with E-state index < -0.39 is 24.3 Å². The lowest BCUT2D eigenvalue weighted by molar-refractivity contribution is -0.143. The van der Waals surface area contributed by atoms with Gasteiger partial charge >= 0.3 is 12.2 Å². The van der Waals surface area contributed by atoms with Gasteiger partial charge in [0.25, 0.3) is 5.91 Å². The van der Waals surface area contributed by atoms with Crippen LogP contribution in [0.2, 0.25) is 0 Å². The lowest BCUT2D eigenvalue weighted by Gasteiger charge is -2.29. The summed E-state index contributed by atoms with van der Waals surface area (Å²) >= 11 is 0. The van der Waals surface area contributed by atoms with Crippen molar-refractivity contribution >= 4 is 24.0 Å². The van der Waals surface area contributed by atoms with Crippen LogP contribution in [0.3, 0.4) is 0 Å². The average molecular weight is 764 g/mol. The van der Waals surface area contributed by atoms with Crippen molar-refractivity contribution in [3.63, 3.8) is 0 Å². The number of likely N-dealkylation sites (tertiary alicyclic amines) is 2. The molecule has 1 unspecified atom stereocenters. The summed E-state index contributed by atoms with van der Waals surface area (Å²) < 4.78 is 9.94. The molecule has 5 aromatic rings. The zero-order chi connectivity index (χ0) is 39.3. The molecule has 4 atom stereocenters. The molecule has 17 nitrogen and oxygen atoms in total. The number of methoxy groups -OCH3 is 1. The molecule has 0 spiro atoms. The Balaban J connectivity index is 1.00. The van der Waals surface area contributed by atoms with Gasteiger partial charge in [0.05, 0.1) is 54.9 Å². The highest BCUT2D eigenvalue weighted by atomic mass is 16.6. The second-order valence-corrected chi connectivity index (χ2v) is 14.4. The summed E-state index contributed by atoms with van der Waals surface area (Å²) in [6, 6.07) is 14.9. The van der Waals surface area contributed by atoms with Gasteiger partial charge in [-0.15, -0.1) is 0 Å². The van der Waals surface area contributed by atoms with Crippen LogP contribution in [0.4, 0.5) is 9.59 Å². The summed E-state index contributed by atoms with van der Waals surface area (Å²) in [5.74, 6) is 0.622. The van der Waals surface area contributed by atoms with Gasteiger partial charge in [-0.05, 0) is 53.9 Å². The van der Waals surface area contributed by atoms with Gasteiger partial charge in [-0.3, -0.25) is 9.59 Å². The molecular formula is C39H45N11O6. The summed E-state index contributed by atoms with van der Waals surface area (Å²) in [6.45, 7) is 4.71. The Morgan fingerprint density at radius 3 is 1.79 bits per heavy atom. The molecule has 2 aliphatic heterocycles. The van der Waals surface area contributed by atoms with Gasteiger partial charge in [0, 0.05) is 19.5 Å². The number of benzene rings is 2. The second kappa shape index (κ2) is 16.5. The van der Waals surface area contributed by atoms with Crippen LogP contribution in [0.25, 0.3) is 33.6 Å². The van der Waals surface area contributed by atoms with E-state index in [2.05, 4.69) is 64.9 Å². The molecule has 0 aliphatic carbocycles. The topological polar surface area (TPSA) is 230 Å². The number of carbonyl (C=O) groups excluding carboxylic acids is 4. The standard InChI is InChI=1S/C39H45N11O6/c1-22(2)33(56-38(40)53)37(52)50-17-5-7-32(50)35-42-21-30(45-35)26-14-10-24(11-15-26)23-8-12-25(13-9-23)29-20-41-34(44-29)31-6-4-16-49(31)36(51)28(46-39(54)55-3)18-27-19-43-48-47-27/h8-15,19-22,28,31-33H,4-7,16-18H2,1-3H3,(H2,40,53)(H,41,44)(H,42,45)(H,46,54)(H,43,47,48)/t28-,31?,32-,33-/m0/s1. The number of aromatic amines is 3. The minimum atomic E-state index is -0.967. The first-order valence-electron chi connectivity index (χ1n) is 18.7. The molecule has 0 bridgehead atoms. The van der Waals surface area contributed by atoms with Gasteiger partial charge < -0.3 is 40.3 Å². The minimum Gasteiger partial charge on any atom is -0.453 e. The number of rotatable bonds is 12. The first-order valence-corrected chi connectivity index (χ1v) is 18.7. The number of H-pyrrole nitrogens is 3. The number of nitrogens with one attached hydrogen (secondary N) is 4. The fourth-order valence-corrected chi connectivity index (χ4v) is 7.51. The van der Waals surface area contributed by atoms with Crippen LogP contribution in [0.5, 0.6) is 0 Å². The molecule has 2 aliphatic rings. The number of alkyl carbamates (subject to hydrolysis) is 1. The van der Waals surface area contributed by atoms with Crippen LogP contribution in [-0.2, 0) is 25.5 Å². The van der Waals surface area contributed by atoms with E-state index in [1.54, 1.807) is 22.2 Å². The molecule has 292 valence electrons. The number of imidazole rings is 2. The number of primary amides is 1. The predicted molar refractivity (Wildman–Crippen MR) is 203 cm³/mol. The Hall–Kier alpha value is -6.52. The highest BCUT2D eigenvalue weighted by molar-refractivity contribution is 5.86. The molecule has 7 rings (SSSR count). The Morgan fingerprint density at radius 1 is 0.804 bits per heavy atom. The molecule has 0 saturated carbocycles. The van der Waals surface area contributed by atoms with Crippen LogP contribution in [0.1, 0.15) is 69.0 Å². The number of nitrogens with two attached hydrogens (primary N) is 1. The zero-order valence-corrected chi connectivity index (χ0v) is 31.4. The number of ether oxygens (including phenoxy) is 2. The maximum atomic E-state index is 13.7. The van der Waals surface area contributed by atoms with Crippen LogP contribution in [0.15, 0.2) is 67.1 Å². The summed E-state index contributed by atoms with van der Waals surface area (Å²) in [4.78, 5) is 70.3. The van der Waals surface area contributed by atoms with Crippen molar-refractivity contribution in [1.82, 2.24) is 50.5 Å². The maximum Gasteiger partial charge on any atom is 0.407 e.